The van der Waals surface area contributed by atoms with Gasteiger partial charge in [0.05, 0.1) is 44.0 Å². The number of halogens is 1. The number of carbonyl (C=O) groups is 2. The lowest BCUT2D eigenvalue weighted by Crippen LogP contribution is -2.58. The van der Waals surface area contributed by atoms with E-state index in [0.29, 0.717) is 61.5 Å². The maximum absolute atomic E-state index is 13.3. The molecule has 0 unspecified atom stereocenters. The molecule has 3 heterocycles. The SMILES string of the molecule is Cc1nn(C)cc1C(=O)N1CCO[C@@](COc2cccc(Cl)c2)(CC(=O)N2CCOCC2)C1. The quantitative estimate of drug-likeness (QED) is 0.633. The topological polar surface area (TPSA) is 86.1 Å². The van der Waals surface area contributed by atoms with Crippen LogP contribution in [0.3, 0.4) is 0 Å². The first-order chi connectivity index (χ1) is 15.8. The zero-order valence-electron chi connectivity index (χ0n) is 19.0. The number of carbonyl (C=O) groups excluding carboxylic acids is 2. The Kier molecular flexibility index (Phi) is 7.21. The molecule has 10 heteroatoms. The van der Waals surface area contributed by atoms with Crippen LogP contribution >= 0.6 is 11.6 Å². The Morgan fingerprint density at radius 1 is 1.18 bits per heavy atom. The zero-order valence-corrected chi connectivity index (χ0v) is 19.7. The molecule has 1 aromatic heterocycles. The first-order valence-corrected chi connectivity index (χ1v) is 11.4. The van der Waals surface area contributed by atoms with Crippen molar-refractivity contribution in [1.29, 1.82) is 0 Å². The molecular formula is C23H29ClN4O5. The molecule has 1 aromatic carbocycles. The normalized spacial score (nSPS) is 21.2. The third kappa shape index (κ3) is 5.66. The van der Waals surface area contributed by atoms with Crippen molar-refractivity contribution < 1.29 is 23.8 Å². The molecule has 0 N–H and O–H groups in total. The van der Waals surface area contributed by atoms with E-state index in [4.69, 9.17) is 25.8 Å². The lowest BCUT2D eigenvalue weighted by atomic mass is 9.96. The summed E-state index contributed by atoms with van der Waals surface area (Å²) in [5.41, 5.74) is 0.226. The number of ether oxygens (including phenoxy) is 3. The largest absolute Gasteiger partial charge is 0.490 e. The maximum atomic E-state index is 13.3. The van der Waals surface area contributed by atoms with Crippen LogP contribution in [0.2, 0.25) is 5.02 Å². The van der Waals surface area contributed by atoms with Gasteiger partial charge in [-0.25, -0.2) is 0 Å². The van der Waals surface area contributed by atoms with Crippen LogP contribution in [0.1, 0.15) is 22.5 Å². The van der Waals surface area contributed by atoms with Crippen LogP contribution in [0.5, 0.6) is 5.75 Å². The van der Waals surface area contributed by atoms with Crippen LogP contribution in [-0.4, -0.2) is 89.6 Å². The van der Waals surface area contributed by atoms with Gasteiger partial charge in [-0.1, -0.05) is 17.7 Å². The Morgan fingerprint density at radius 3 is 2.64 bits per heavy atom. The van der Waals surface area contributed by atoms with Crippen molar-refractivity contribution in [3.05, 3.63) is 46.7 Å². The first-order valence-electron chi connectivity index (χ1n) is 11.0. The maximum Gasteiger partial charge on any atom is 0.257 e. The van der Waals surface area contributed by atoms with Gasteiger partial charge < -0.3 is 24.0 Å². The zero-order chi connectivity index (χ0) is 23.4. The fraction of sp³-hybridized carbons (Fsp3) is 0.522. The van der Waals surface area contributed by atoms with Crippen LogP contribution < -0.4 is 4.74 Å². The van der Waals surface area contributed by atoms with E-state index in [0.717, 1.165) is 0 Å². The molecule has 2 aliphatic heterocycles. The van der Waals surface area contributed by atoms with E-state index in [1.165, 1.54) is 0 Å². The highest BCUT2D eigenvalue weighted by molar-refractivity contribution is 6.30. The summed E-state index contributed by atoms with van der Waals surface area (Å²) in [7, 11) is 1.78. The van der Waals surface area contributed by atoms with Crippen molar-refractivity contribution in [3.63, 3.8) is 0 Å². The number of nitrogens with zero attached hydrogens (tertiary/aromatic N) is 4. The Bertz CT molecular complexity index is 1010. The van der Waals surface area contributed by atoms with E-state index in [9.17, 15) is 9.59 Å². The predicted octanol–water partition coefficient (Wildman–Crippen LogP) is 1.92. The van der Waals surface area contributed by atoms with Gasteiger partial charge >= 0.3 is 0 Å². The molecule has 0 spiro atoms. The summed E-state index contributed by atoms with van der Waals surface area (Å²) < 4.78 is 19.2. The summed E-state index contributed by atoms with van der Waals surface area (Å²) in [6.07, 6.45) is 1.82. The predicted molar refractivity (Wildman–Crippen MR) is 121 cm³/mol. The molecule has 1 atom stereocenters. The third-order valence-corrected chi connectivity index (χ3v) is 6.15. The number of benzene rings is 1. The van der Waals surface area contributed by atoms with Crippen molar-refractivity contribution in [1.82, 2.24) is 19.6 Å². The van der Waals surface area contributed by atoms with Gasteiger partial charge in [0.1, 0.15) is 18.0 Å². The summed E-state index contributed by atoms with van der Waals surface area (Å²) in [6.45, 7) is 5.01. The average molecular weight is 477 g/mol. The number of morpholine rings is 2. The fourth-order valence-corrected chi connectivity index (χ4v) is 4.40. The average Bonchev–Trinajstić information content (AvgIpc) is 3.16. The Labute approximate surface area is 198 Å². The molecule has 0 saturated carbocycles. The highest BCUT2D eigenvalue weighted by Gasteiger charge is 2.43. The number of rotatable bonds is 6. The monoisotopic (exact) mass is 476 g/mol. The van der Waals surface area contributed by atoms with Crippen molar-refractivity contribution in [3.8, 4) is 5.75 Å². The van der Waals surface area contributed by atoms with E-state index in [1.807, 2.05) is 6.92 Å². The van der Waals surface area contributed by atoms with E-state index in [-0.39, 0.29) is 31.4 Å². The lowest BCUT2D eigenvalue weighted by molar-refractivity contribution is -0.155. The van der Waals surface area contributed by atoms with Crippen molar-refractivity contribution in [2.45, 2.75) is 18.9 Å². The van der Waals surface area contributed by atoms with Gasteiger partial charge in [-0.2, -0.15) is 5.10 Å². The van der Waals surface area contributed by atoms with E-state index >= 15 is 0 Å². The van der Waals surface area contributed by atoms with Gasteiger partial charge in [0.25, 0.3) is 5.91 Å². The number of hydrogen-bond donors (Lipinski definition) is 0. The smallest absolute Gasteiger partial charge is 0.257 e. The molecule has 2 fully saturated rings. The van der Waals surface area contributed by atoms with Crippen LogP contribution in [0.4, 0.5) is 0 Å². The number of aryl methyl sites for hydroxylation is 2. The van der Waals surface area contributed by atoms with Gasteiger partial charge in [0, 0.05) is 37.9 Å². The molecule has 0 aliphatic carbocycles. The van der Waals surface area contributed by atoms with E-state index < -0.39 is 5.60 Å². The molecule has 0 bridgehead atoms. The van der Waals surface area contributed by atoms with Crippen molar-refractivity contribution in [2.75, 3.05) is 52.6 Å². The van der Waals surface area contributed by atoms with Gasteiger partial charge in [-0.15, -0.1) is 0 Å². The van der Waals surface area contributed by atoms with E-state index in [1.54, 1.807) is 52.0 Å². The number of amides is 2. The minimum Gasteiger partial charge on any atom is -0.490 e. The summed E-state index contributed by atoms with van der Waals surface area (Å²) >= 11 is 6.09. The Morgan fingerprint density at radius 2 is 1.94 bits per heavy atom. The lowest BCUT2D eigenvalue weighted by Gasteiger charge is -2.43. The second-order valence-electron chi connectivity index (χ2n) is 8.48. The van der Waals surface area contributed by atoms with E-state index in [2.05, 4.69) is 5.10 Å². The number of aromatic nitrogens is 2. The second kappa shape index (κ2) is 10.1. The highest BCUT2D eigenvalue weighted by Crippen LogP contribution is 2.27. The highest BCUT2D eigenvalue weighted by atomic mass is 35.5. The molecule has 178 valence electrons. The van der Waals surface area contributed by atoms with Gasteiger partial charge in [-0.05, 0) is 25.1 Å². The standard InChI is InChI=1S/C23H29ClN4O5/c1-17-20(14-26(2)25-17)22(30)28-8-11-33-23(15-28,13-21(29)27-6-9-31-10-7-27)16-32-19-5-3-4-18(24)12-19/h3-5,12,14H,6-11,13,15-16H2,1-2H3/t23-/m0/s1. The molecule has 33 heavy (non-hydrogen) atoms. The minimum absolute atomic E-state index is 0.0418. The molecule has 2 aromatic rings. The molecule has 4 rings (SSSR count). The van der Waals surface area contributed by atoms with Crippen LogP contribution in [0, 0.1) is 6.92 Å². The molecule has 0 radical (unpaired) electrons. The first kappa shape index (κ1) is 23.5. The molecule has 2 aliphatic rings. The molecular weight excluding hydrogens is 448 g/mol. The van der Waals surface area contributed by atoms with Crippen LogP contribution in [-0.2, 0) is 21.3 Å². The fourth-order valence-electron chi connectivity index (χ4n) is 4.22. The van der Waals surface area contributed by atoms with Crippen molar-refractivity contribution >= 4 is 23.4 Å². The van der Waals surface area contributed by atoms with Crippen molar-refractivity contribution in [2.24, 2.45) is 7.05 Å². The van der Waals surface area contributed by atoms with Gasteiger partial charge in [0.15, 0.2) is 0 Å². The van der Waals surface area contributed by atoms with Crippen LogP contribution in [0.25, 0.3) is 0 Å². The Balaban J connectivity index is 1.54. The summed E-state index contributed by atoms with van der Waals surface area (Å²) in [4.78, 5) is 29.9. The minimum atomic E-state index is -0.984. The number of hydrogen-bond acceptors (Lipinski definition) is 6. The second-order valence-corrected chi connectivity index (χ2v) is 8.91. The molecule has 9 nitrogen and oxygen atoms in total. The Hall–Kier alpha value is -2.62. The third-order valence-electron chi connectivity index (χ3n) is 5.91. The molecule has 2 saturated heterocycles. The molecule has 2 amide bonds. The summed E-state index contributed by atoms with van der Waals surface area (Å²) in [5, 5.41) is 4.84. The van der Waals surface area contributed by atoms with Gasteiger partial charge in [-0.3, -0.25) is 14.3 Å². The van der Waals surface area contributed by atoms with Gasteiger partial charge in [0.2, 0.25) is 5.91 Å². The summed E-state index contributed by atoms with van der Waals surface area (Å²) in [6, 6.07) is 7.07. The summed E-state index contributed by atoms with van der Waals surface area (Å²) in [5.74, 6) is 0.408. The van der Waals surface area contributed by atoms with Crippen LogP contribution in [0.15, 0.2) is 30.5 Å².